The van der Waals surface area contributed by atoms with Gasteiger partial charge >= 0.3 is 0 Å². The maximum atomic E-state index is 11.7. The number of aromatic amines is 1. The first-order chi connectivity index (χ1) is 8.16. The average Bonchev–Trinajstić information content (AvgIpc) is 2.82. The third-order valence-corrected chi connectivity index (χ3v) is 2.47. The van der Waals surface area contributed by atoms with E-state index in [-0.39, 0.29) is 12.5 Å². The smallest absolute Gasteiger partial charge is 0.251 e. The van der Waals surface area contributed by atoms with Gasteiger partial charge in [0, 0.05) is 5.56 Å². The predicted molar refractivity (Wildman–Crippen MR) is 63.4 cm³/mol. The van der Waals surface area contributed by atoms with Crippen molar-refractivity contribution in [3.63, 3.8) is 0 Å². The number of hydrogen-bond donors (Lipinski definition) is 3. The number of nitrogens with two attached hydrogens (primary N) is 1. The van der Waals surface area contributed by atoms with E-state index in [1.165, 1.54) is 12.4 Å². The van der Waals surface area contributed by atoms with Crippen LogP contribution in [0.2, 0.25) is 5.02 Å². The molecule has 1 aromatic carbocycles. The maximum Gasteiger partial charge on any atom is 0.251 e. The minimum absolute atomic E-state index is 0.247. The molecule has 0 saturated carbocycles. The van der Waals surface area contributed by atoms with Crippen molar-refractivity contribution < 1.29 is 4.79 Å². The number of hydrogen-bond acceptors (Lipinski definition) is 4. The van der Waals surface area contributed by atoms with Crippen LogP contribution in [0, 0.1) is 0 Å². The number of nitrogen functional groups attached to an aromatic ring is 1. The second-order valence-corrected chi connectivity index (χ2v) is 3.76. The quantitative estimate of drug-likeness (QED) is 0.708. The zero-order valence-corrected chi connectivity index (χ0v) is 9.53. The topological polar surface area (TPSA) is 96.7 Å². The molecule has 0 saturated heterocycles. The van der Waals surface area contributed by atoms with Crippen LogP contribution in [0.25, 0.3) is 0 Å². The zero-order valence-electron chi connectivity index (χ0n) is 8.77. The highest BCUT2D eigenvalue weighted by molar-refractivity contribution is 6.33. The highest BCUT2D eigenvalue weighted by Crippen LogP contribution is 2.19. The summed E-state index contributed by atoms with van der Waals surface area (Å²) >= 11 is 5.82. The summed E-state index contributed by atoms with van der Waals surface area (Å²) in [7, 11) is 0. The van der Waals surface area contributed by atoms with Gasteiger partial charge in [-0.05, 0) is 18.2 Å². The molecule has 0 atom stereocenters. The Hall–Kier alpha value is -2.08. The van der Waals surface area contributed by atoms with Gasteiger partial charge in [0.05, 0.1) is 17.3 Å². The molecule has 0 fully saturated rings. The van der Waals surface area contributed by atoms with E-state index < -0.39 is 0 Å². The summed E-state index contributed by atoms with van der Waals surface area (Å²) in [4.78, 5) is 15.6. The number of rotatable bonds is 3. The lowest BCUT2D eigenvalue weighted by Gasteiger charge is -2.04. The Kier molecular flexibility index (Phi) is 3.24. The number of benzene rings is 1. The van der Waals surface area contributed by atoms with Crippen molar-refractivity contribution in [2.45, 2.75) is 6.54 Å². The summed E-state index contributed by atoms with van der Waals surface area (Å²) in [6, 6.07) is 4.72. The van der Waals surface area contributed by atoms with Gasteiger partial charge < -0.3 is 11.1 Å². The SMILES string of the molecule is Nc1ccc(C(=O)NCc2ncn[nH]2)cc1Cl. The second kappa shape index (κ2) is 4.84. The summed E-state index contributed by atoms with van der Waals surface area (Å²) in [5.74, 6) is 0.336. The van der Waals surface area contributed by atoms with Crippen LogP contribution in [0.15, 0.2) is 24.5 Å². The first-order valence-corrected chi connectivity index (χ1v) is 5.22. The molecule has 7 heteroatoms. The third-order valence-electron chi connectivity index (χ3n) is 2.14. The molecule has 6 nitrogen and oxygen atoms in total. The van der Waals surface area contributed by atoms with Crippen LogP contribution in [0.4, 0.5) is 5.69 Å². The number of nitrogens with zero attached hydrogens (tertiary/aromatic N) is 2. The number of carbonyl (C=O) groups is 1. The van der Waals surface area contributed by atoms with Gasteiger partial charge in [-0.1, -0.05) is 11.6 Å². The minimum Gasteiger partial charge on any atom is -0.398 e. The van der Waals surface area contributed by atoms with Crippen molar-refractivity contribution in [3.05, 3.63) is 40.9 Å². The monoisotopic (exact) mass is 251 g/mol. The van der Waals surface area contributed by atoms with E-state index in [0.29, 0.717) is 22.1 Å². The molecule has 0 bridgehead atoms. The molecule has 0 aliphatic heterocycles. The normalized spacial score (nSPS) is 10.2. The van der Waals surface area contributed by atoms with Crippen LogP contribution in [0.3, 0.4) is 0 Å². The molecule has 0 aliphatic rings. The van der Waals surface area contributed by atoms with E-state index in [0.717, 1.165) is 0 Å². The molecule has 17 heavy (non-hydrogen) atoms. The minimum atomic E-state index is -0.247. The van der Waals surface area contributed by atoms with Crippen molar-refractivity contribution in [3.8, 4) is 0 Å². The van der Waals surface area contributed by atoms with Crippen molar-refractivity contribution >= 4 is 23.2 Å². The van der Waals surface area contributed by atoms with E-state index in [4.69, 9.17) is 17.3 Å². The van der Waals surface area contributed by atoms with Crippen LogP contribution in [-0.4, -0.2) is 21.1 Å². The van der Waals surface area contributed by atoms with Gasteiger partial charge in [0.1, 0.15) is 12.2 Å². The third kappa shape index (κ3) is 2.73. The summed E-state index contributed by atoms with van der Waals surface area (Å²) in [5, 5.41) is 9.35. The molecule has 0 unspecified atom stereocenters. The molecule has 2 rings (SSSR count). The molecule has 4 N–H and O–H groups in total. The summed E-state index contributed by atoms with van der Waals surface area (Å²) in [6.07, 6.45) is 1.38. The van der Waals surface area contributed by atoms with Crippen molar-refractivity contribution in [1.82, 2.24) is 20.5 Å². The lowest BCUT2D eigenvalue weighted by atomic mass is 10.2. The number of nitrogens with one attached hydrogen (secondary N) is 2. The summed E-state index contributed by atoms with van der Waals surface area (Å²) < 4.78 is 0. The molecule has 1 heterocycles. The van der Waals surface area contributed by atoms with E-state index in [1.807, 2.05) is 0 Å². The Balaban J connectivity index is 2.02. The fourth-order valence-electron chi connectivity index (χ4n) is 1.25. The second-order valence-electron chi connectivity index (χ2n) is 3.35. The molecule has 88 valence electrons. The Morgan fingerprint density at radius 2 is 2.35 bits per heavy atom. The van der Waals surface area contributed by atoms with E-state index in [2.05, 4.69) is 20.5 Å². The molecule has 0 spiro atoms. The van der Waals surface area contributed by atoms with Crippen LogP contribution in [0.5, 0.6) is 0 Å². The highest BCUT2D eigenvalue weighted by atomic mass is 35.5. The number of aromatic nitrogens is 3. The van der Waals surface area contributed by atoms with Crippen LogP contribution >= 0.6 is 11.6 Å². The fraction of sp³-hybridized carbons (Fsp3) is 0.100. The number of H-pyrrole nitrogens is 1. The number of anilines is 1. The Labute approximate surface area is 102 Å². The first kappa shape index (κ1) is 11.4. The summed E-state index contributed by atoms with van der Waals surface area (Å²) in [6.45, 7) is 0.279. The van der Waals surface area contributed by atoms with E-state index >= 15 is 0 Å². The van der Waals surface area contributed by atoms with Gasteiger partial charge in [0.2, 0.25) is 0 Å². The van der Waals surface area contributed by atoms with Crippen molar-refractivity contribution in [1.29, 1.82) is 0 Å². The highest BCUT2D eigenvalue weighted by Gasteiger charge is 2.07. The fourth-order valence-corrected chi connectivity index (χ4v) is 1.43. The van der Waals surface area contributed by atoms with E-state index in [1.54, 1.807) is 12.1 Å². The Morgan fingerprint density at radius 1 is 1.53 bits per heavy atom. The summed E-state index contributed by atoms with van der Waals surface area (Å²) in [5.41, 5.74) is 6.44. The maximum absolute atomic E-state index is 11.7. The van der Waals surface area contributed by atoms with Crippen molar-refractivity contribution in [2.75, 3.05) is 5.73 Å². The number of halogens is 1. The molecule has 0 aliphatic carbocycles. The molecule has 0 radical (unpaired) electrons. The number of amides is 1. The standard InChI is InChI=1S/C10H10ClN5O/c11-7-3-6(1-2-8(7)12)10(17)13-4-9-14-5-15-16-9/h1-3,5H,4,12H2,(H,13,17)(H,14,15,16). The molecule has 1 amide bonds. The Bertz CT molecular complexity index is 525. The zero-order chi connectivity index (χ0) is 12.3. The molecular weight excluding hydrogens is 242 g/mol. The molecular formula is C10H10ClN5O. The van der Waals surface area contributed by atoms with Gasteiger partial charge in [0.25, 0.3) is 5.91 Å². The lowest BCUT2D eigenvalue weighted by molar-refractivity contribution is 0.0950. The first-order valence-electron chi connectivity index (χ1n) is 4.84. The van der Waals surface area contributed by atoms with Gasteiger partial charge in [0.15, 0.2) is 0 Å². The van der Waals surface area contributed by atoms with Gasteiger partial charge in [-0.2, -0.15) is 5.10 Å². The molecule has 2 aromatic rings. The lowest BCUT2D eigenvalue weighted by Crippen LogP contribution is -2.23. The van der Waals surface area contributed by atoms with Crippen LogP contribution < -0.4 is 11.1 Å². The van der Waals surface area contributed by atoms with Crippen LogP contribution in [0.1, 0.15) is 16.2 Å². The predicted octanol–water partition coefficient (Wildman–Crippen LogP) is 0.970. The molecule has 1 aromatic heterocycles. The van der Waals surface area contributed by atoms with Crippen molar-refractivity contribution in [2.24, 2.45) is 0 Å². The average molecular weight is 252 g/mol. The van der Waals surface area contributed by atoms with Gasteiger partial charge in [-0.15, -0.1) is 0 Å². The van der Waals surface area contributed by atoms with Crippen LogP contribution in [-0.2, 0) is 6.54 Å². The van der Waals surface area contributed by atoms with E-state index in [9.17, 15) is 4.79 Å². The van der Waals surface area contributed by atoms with Gasteiger partial charge in [-0.25, -0.2) is 4.98 Å². The number of carbonyl (C=O) groups excluding carboxylic acids is 1. The van der Waals surface area contributed by atoms with Gasteiger partial charge in [-0.3, -0.25) is 9.89 Å². The Morgan fingerprint density at radius 3 is 3.00 bits per heavy atom. The largest absolute Gasteiger partial charge is 0.398 e.